The zero-order valence-electron chi connectivity index (χ0n) is 6.18. The van der Waals surface area contributed by atoms with Crippen LogP contribution in [0.15, 0.2) is 11.6 Å². The van der Waals surface area contributed by atoms with Gasteiger partial charge >= 0.3 is 0 Å². The first kappa shape index (κ1) is 7.28. The molecule has 0 aromatic rings. The van der Waals surface area contributed by atoms with Gasteiger partial charge in [0, 0.05) is 5.57 Å². The fraction of sp³-hybridized carbons (Fsp3) is 0.571. The summed E-state index contributed by atoms with van der Waals surface area (Å²) in [5.41, 5.74) is 0.732. The normalized spacial score (nSPS) is 24.2. The molecule has 3 nitrogen and oxygen atoms in total. The second-order valence-electron chi connectivity index (χ2n) is 2.27. The maximum absolute atomic E-state index is 11.0. The smallest absolute Gasteiger partial charge is 0.248 e. The van der Waals surface area contributed by atoms with Gasteiger partial charge in [0.2, 0.25) is 5.91 Å². The van der Waals surface area contributed by atoms with Crippen LogP contribution in [-0.4, -0.2) is 18.7 Å². The number of hydrogen-bond acceptors (Lipinski definition) is 2. The molecule has 1 N–H and O–H groups in total. The van der Waals surface area contributed by atoms with E-state index in [1.54, 1.807) is 13.0 Å². The fourth-order valence-corrected chi connectivity index (χ4v) is 0.523. The average molecular weight is 141 g/mol. The summed E-state index contributed by atoms with van der Waals surface area (Å²) >= 11 is 0. The highest BCUT2D eigenvalue weighted by atomic mass is 16.6. The minimum absolute atomic E-state index is 0.0256. The predicted octanol–water partition coefficient (Wildman–Crippen LogP) is 0.425. The van der Waals surface area contributed by atoms with E-state index in [9.17, 15) is 4.79 Å². The molecule has 1 fully saturated rings. The molecule has 0 aromatic heterocycles. The predicted molar refractivity (Wildman–Crippen MR) is 37.3 cm³/mol. The Morgan fingerprint density at radius 1 is 1.80 bits per heavy atom. The SMILES string of the molecule is CC=C(C)C(=O)NC1CO1. The highest BCUT2D eigenvalue weighted by Crippen LogP contribution is 2.05. The zero-order valence-corrected chi connectivity index (χ0v) is 6.18. The van der Waals surface area contributed by atoms with Gasteiger partial charge in [-0.3, -0.25) is 4.79 Å². The van der Waals surface area contributed by atoms with Gasteiger partial charge in [0.1, 0.15) is 0 Å². The van der Waals surface area contributed by atoms with Crippen molar-refractivity contribution < 1.29 is 9.53 Å². The third kappa shape index (κ3) is 1.84. The number of epoxide rings is 1. The van der Waals surface area contributed by atoms with E-state index in [4.69, 9.17) is 4.74 Å². The van der Waals surface area contributed by atoms with Gasteiger partial charge in [-0.25, -0.2) is 0 Å². The minimum Gasteiger partial charge on any atom is -0.351 e. The Hall–Kier alpha value is -0.830. The molecular weight excluding hydrogens is 130 g/mol. The molecule has 1 unspecified atom stereocenters. The van der Waals surface area contributed by atoms with Crippen LogP contribution in [0.2, 0.25) is 0 Å². The van der Waals surface area contributed by atoms with Crippen LogP contribution < -0.4 is 5.32 Å². The minimum atomic E-state index is -0.0370. The Morgan fingerprint density at radius 3 is 2.80 bits per heavy atom. The topological polar surface area (TPSA) is 41.6 Å². The van der Waals surface area contributed by atoms with Crippen molar-refractivity contribution in [2.45, 2.75) is 20.1 Å². The van der Waals surface area contributed by atoms with Gasteiger partial charge in [0.25, 0.3) is 0 Å². The Labute approximate surface area is 60.1 Å². The van der Waals surface area contributed by atoms with Crippen molar-refractivity contribution in [3.63, 3.8) is 0 Å². The van der Waals surface area contributed by atoms with Crippen LogP contribution in [0.1, 0.15) is 13.8 Å². The van der Waals surface area contributed by atoms with Crippen molar-refractivity contribution in [2.75, 3.05) is 6.61 Å². The van der Waals surface area contributed by atoms with Crippen LogP contribution in [0.5, 0.6) is 0 Å². The van der Waals surface area contributed by atoms with Crippen molar-refractivity contribution in [3.8, 4) is 0 Å². The summed E-state index contributed by atoms with van der Waals surface area (Å²) in [5, 5.41) is 2.68. The molecule has 0 bridgehead atoms. The van der Waals surface area contributed by atoms with Crippen LogP contribution in [-0.2, 0) is 9.53 Å². The Kier molecular flexibility index (Phi) is 2.06. The molecule has 3 heteroatoms. The highest BCUT2D eigenvalue weighted by Gasteiger charge is 2.24. The molecule has 0 saturated carbocycles. The molecule has 0 radical (unpaired) electrons. The molecule has 1 amide bonds. The van der Waals surface area contributed by atoms with Crippen molar-refractivity contribution in [2.24, 2.45) is 0 Å². The van der Waals surface area contributed by atoms with Crippen LogP contribution >= 0.6 is 0 Å². The second-order valence-corrected chi connectivity index (χ2v) is 2.27. The van der Waals surface area contributed by atoms with Gasteiger partial charge < -0.3 is 10.1 Å². The largest absolute Gasteiger partial charge is 0.351 e. The lowest BCUT2D eigenvalue weighted by Gasteiger charge is -1.98. The number of nitrogens with one attached hydrogen (secondary N) is 1. The number of carbonyl (C=O) groups excluding carboxylic acids is 1. The summed E-state index contributed by atoms with van der Waals surface area (Å²) in [6.07, 6.45) is 1.75. The molecule has 56 valence electrons. The molecule has 10 heavy (non-hydrogen) atoms. The molecular formula is C7H11NO2. The molecule has 1 atom stereocenters. The molecule has 0 aliphatic carbocycles. The summed E-state index contributed by atoms with van der Waals surface area (Å²) in [7, 11) is 0. The van der Waals surface area contributed by atoms with Crippen molar-refractivity contribution in [1.29, 1.82) is 0 Å². The lowest BCUT2D eigenvalue weighted by molar-refractivity contribution is -0.118. The van der Waals surface area contributed by atoms with Crippen LogP contribution in [0.4, 0.5) is 0 Å². The highest BCUT2D eigenvalue weighted by molar-refractivity contribution is 5.92. The van der Waals surface area contributed by atoms with Crippen LogP contribution in [0.3, 0.4) is 0 Å². The number of amides is 1. The summed E-state index contributed by atoms with van der Waals surface area (Å²) < 4.78 is 4.81. The molecule has 0 aromatic carbocycles. The molecule has 1 aliphatic heterocycles. The lowest BCUT2D eigenvalue weighted by atomic mass is 10.3. The van der Waals surface area contributed by atoms with Crippen LogP contribution in [0.25, 0.3) is 0 Å². The zero-order chi connectivity index (χ0) is 7.56. The molecule has 1 saturated heterocycles. The fourth-order valence-electron chi connectivity index (χ4n) is 0.523. The van der Waals surface area contributed by atoms with Gasteiger partial charge in [-0.1, -0.05) is 6.08 Å². The Bertz CT molecular complexity index is 170. The first-order chi connectivity index (χ1) is 4.74. The summed E-state index contributed by atoms with van der Waals surface area (Å²) in [5.74, 6) is -0.0370. The third-order valence-corrected chi connectivity index (χ3v) is 1.42. The monoisotopic (exact) mass is 141 g/mol. The van der Waals surface area contributed by atoms with E-state index in [0.29, 0.717) is 6.61 Å². The molecule has 1 rings (SSSR count). The van der Waals surface area contributed by atoms with Crippen molar-refractivity contribution in [1.82, 2.24) is 5.32 Å². The van der Waals surface area contributed by atoms with Crippen molar-refractivity contribution in [3.05, 3.63) is 11.6 Å². The van der Waals surface area contributed by atoms with Gasteiger partial charge in [0.15, 0.2) is 6.23 Å². The van der Waals surface area contributed by atoms with Gasteiger partial charge in [-0.05, 0) is 13.8 Å². The standard InChI is InChI=1S/C7H11NO2/c1-3-5(2)7(9)8-6-4-10-6/h3,6H,4H2,1-2H3,(H,8,9). The van der Waals surface area contributed by atoms with Crippen LogP contribution in [0, 0.1) is 0 Å². The summed E-state index contributed by atoms with van der Waals surface area (Å²) in [6.45, 7) is 4.27. The van der Waals surface area contributed by atoms with E-state index in [2.05, 4.69) is 5.32 Å². The first-order valence-electron chi connectivity index (χ1n) is 3.29. The van der Waals surface area contributed by atoms with E-state index < -0.39 is 0 Å². The van der Waals surface area contributed by atoms with Crippen molar-refractivity contribution >= 4 is 5.91 Å². The maximum Gasteiger partial charge on any atom is 0.248 e. The van der Waals surface area contributed by atoms with E-state index in [-0.39, 0.29) is 12.1 Å². The number of allylic oxidation sites excluding steroid dienone is 1. The number of ether oxygens (including phenoxy) is 1. The van der Waals surface area contributed by atoms with E-state index in [1.165, 1.54) is 0 Å². The Morgan fingerprint density at radius 2 is 2.40 bits per heavy atom. The van der Waals surface area contributed by atoms with E-state index in [1.807, 2.05) is 6.92 Å². The first-order valence-corrected chi connectivity index (χ1v) is 3.29. The summed E-state index contributed by atoms with van der Waals surface area (Å²) in [6, 6.07) is 0. The number of carbonyl (C=O) groups is 1. The molecule has 1 aliphatic rings. The molecule has 0 spiro atoms. The Balaban J connectivity index is 2.32. The molecule has 1 heterocycles. The van der Waals surface area contributed by atoms with E-state index >= 15 is 0 Å². The third-order valence-electron chi connectivity index (χ3n) is 1.42. The van der Waals surface area contributed by atoms with Gasteiger partial charge in [-0.2, -0.15) is 0 Å². The quantitative estimate of drug-likeness (QED) is 0.447. The van der Waals surface area contributed by atoms with Gasteiger partial charge in [-0.15, -0.1) is 0 Å². The second kappa shape index (κ2) is 2.84. The van der Waals surface area contributed by atoms with Gasteiger partial charge in [0.05, 0.1) is 6.61 Å². The summed E-state index contributed by atoms with van der Waals surface area (Å²) in [4.78, 5) is 11.0. The number of rotatable bonds is 2. The lowest BCUT2D eigenvalue weighted by Crippen LogP contribution is -2.26. The number of hydrogen-bond donors (Lipinski definition) is 1. The average Bonchev–Trinajstić information content (AvgIpc) is 2.70. The van der Waals surface area contributed by atoms with E-state index in [0.717, 1.165) is 5.57 Å². The maximum atomic E-state index is 11.0.